The van der Waals surface area contributed by atoms with Gasteiger partial charge >= 0.3 is 0 Å². The quantitative estimate of drug-likeness (QED) is 0.766. The van der Waals surface area contributed by atoms with Crippen LogP contribution in [0, 0.1) is 0 Å². The van der Waals surface area contributed by atoms with Crippen molar-refractivity contribution in [2.45, 2.75) is 6.04 Å². The van der Waals surface area contributed by atoms with E-state index in [1.54, 1.807) is 7.11 Å². The van der Waals surface area contributed by atoms with Crippen molar-refractivity contribution in [3.63, 3.8) is 0 Å². The number of piperazine rings is 1. The zero-order valence-corrected chi connectivity index (χ0v) is 9.35. The van der Waals surface area contributed by atoms with E-state index in [-0.39, 0.29) is 6.04 Å². The topological polar surface area (TPSA) is 41.6 Å². The zero-order chi connectivity index (χ0) is 11.4. The first-order valence-electron chi connectivity index (χ1n) is 5.41. The van der Waals surface area contributed by atoms with Gasteiger partial charge in [-0.3, -0.25) is 4.79 Å². The predicted molar refractivity (Wildman–Crippen MR) is 61.4 cm³/mol. The Morgan fingerprint density at radius 2 is 2.19 bits per heavy atom. The highest BCUT2D eigenvalue weighted by Gasteiger charge is 2.21. The second-order valence-electron chi connectivity index (χ2n) is 3.84. The molecule has 1 unspecified atom stereocenters. The third-order valence-electron chi connectivity index (χ3n) is 2.92. The van der Waals surface area contributed by atoms with Crippen LogP contribution in [-0.4, -0.2) is 38.1 Å². The van der Waals surface area contributed by atoms with Crippen LogP contribution in [0.3, 0.4) is 0 Å². The highest BCUT2D eigenvalue weighted by atomic mass is 16.5. The fraction of sp³-hybridized carbons (Fsp3) is 0.417. The summed E-state index contributed by atoms with van der Waals surface area (Å²) in [5.41, 5.74) is 1.14. The van der Waals surface area contributed by atoms with Gasteiger partial charge in [-0.2, -0.15) is 0 Å². The second-order valence-corrected chi connectivity index (χ2v) is 3.84. The molecule has 1 saturated heterocycles. The Bertz CT molecular complexity index is 351. The molecule has 1 aliphatic heterocycles. The number of carbonyl (C=O) groups is 1. The van der Waals surface area contributed by atoms with Crippen LogP contribution in [0.5, 0.6) is 5.75 Å². The summed E-state index contributed by atoms with van der Waals surface area (Å²) in [5.74, 6) is 0.838. The number of hydrogen-bond donors (Lipinski definition) is 1. The van der Waals surface area contributed by atoms with E-state index in [2.05, 4.69) is 5.32 Å². The van der Waals surface area contributed by atoms with Gasteiger partial charge in [0.2, 0.25) is 6.41 Å². The lowest BCUT2D eigenvalue weighted by Gasteiger charge is -2.33. The maximum absolute atomic E-state index is 10.9. The molecule has 1 atom stereocenters. The Balaban J connectivity index is 2.17. The Morgan fingerprint density at radius 1 is 1.44 bits per heavy atom. The van der Waals surface area contributed by atoms with Gasteiger partial charge in [0.1, 0.15) is 5.75 Å². The summed E-state index contributed by atoms with van der Waals surface area (Å²) in [5, 5.41) is 3.29. The third-order valence-corrected chi connectivity index (χ3v) is 2.92. The Hall–Kier alpha value is -1.55. The Kier molecular flexibility index (Phi) is 3.41. The van der Waals surface area contributed by atoms with Gasteiger partial charge in [0, 0.05) is 19.6 Å². The molecule has 1 aromatic rings. The molecular weight excluding hydrogens is 204 g/mol. The fourth-order valence-corrected chi connectivity index (χ4v) is 1.98. The lowest BCUT2D eigenvalue weighted by Crippen LogP contribution is -2.45. The van der Waals surface area contributed by atoms with Gasteiger partial charge < -0.3 is 15.0 Å². The molecule has 0 bridgehead atoms. The van der Waals surface area contributed by atoms with Gasteiger partial charge in [0.15, 0.2) is 0 Å². The molecule has 4 heteroatoms. The van der Waals surface area contributed by atoms with E-state index in [0.717, 1.165) is 37.4 Å². The van der Waals surface area contributed by atoms with Crippen LogP contribution in [0.2, 0.25) is 0 Å². The number of hydrogen-bond acceptors (Lipinski definition) is 3. The highest BCUT2D eigenvalue weighted by Crippen LogP contribution is 2.22. The average Bonchev–Trinajstić information content (AvgIpc) is 2.39. The minimum absolute atomic E-state index is 0.136. The average molecular weight is 220 g/mol. The molecule has 16 heavy (non-hydrogen) atoms. The van der Waals surface area contributed by atoms with Gasteiger partial charge in [-0.15, -0.1) is 0 Å². The summed E-state index contributed by atoms with van der Waals surface area (Å²) in [6, 6.07) is 8.00. The standard InChI is InChI=1S/C12H16N2O2/c1-16-11-4-2-10(3-5-11)12-8-13-6-7-14(12)9-15/h2-5,9,12-13H,6-8H2,1H3. The van der Waals surface area contributed by atoms with E-state index in [0.29, 0.717) is 0 Å². The number of ether oxygens (including phenoxy) is 1. The molecule has 0 aliphatic carbocycles. The lowest BCUT2D eigenvalue weighted by atomic mass is 10.0. The van der Waals surface area contributed by atoms with E-state index < -0.39 is 0 Å². The van der Waals surface area contributed by atoms with Crippen LogP contribution >= 0.6 is 0 Å². The Labute approximate surface area is 95.2 Å². The molecule has 0 aromatic heterocycles. The van der Waals surface area contributed by atoms with Gasteiger partial charge in [-0.25, -0.2) is 0 Å². The molecule has 0 spiro atoms. The maximum atomic E-state index is 10.9. The van der Waals surface area contributed by atoms with Crippen molar-refractivity contribution < 1.29 is 9.53 Å². The van der Waals surface area contributed by atoms with Crippen LogP contribution < -0.4 is 10.1 Å². The minimum Gasteiger partial charge on any atom is -0.497 e. The molecule has 1 aromatic carbocycles. The number of benzene rings is 1. The van der Waals surface area contributed by atoms with Crippen LogP contribution in [0.25, 0.3) is 0 Å². The molecule has 0 saturated carbocycles. The van der Waals surface area contributed by atoms with Crippen molar-refractivity contribution in [3.05, 3.63) is 29.8 Å². The SMILES string of the molecule is COc1ccc(C2CNCCN2C=O)cc1. The molecule has 1 aliphatic rings. The molecular formula is C12H16N2O2. The molecule has 0 radical (unpaired) electrons. The Morgan fingerprint density at radius 3 is 2.81 bits per heavy atom. The number of nitrogens with one attached hydrogen (secondary N) is 1. The van der Waals surface area contributed by atoms with Crippen LogP contribution in [0.4, 0.5) is 0 Å². The van der Waals surface area contributed by atoms with E-state index in [9.17, 15) is 4.79 Å². The number of methoxy groups -OCH3 is 1. The molecule has 1 N–H and O–H groups in total. The van der Waals surface area contributed by atoms with Crippen molar-refractivity contribution >= 4 is 6.41 Å². The zero-order valence-electron chi connectivity index (χ0n) is 9.35. The van der Waals surface area contributed by atoms with Gasteiger partial charge in [0.25, 0.3) is 0 Å². The molecule has 2 rings (SSSR count). The fourth-order valence-electron chi connectivity index (χ4n) is 1.98. The maximum Gasteiger partial charge on any atom is 0.210 e. The van der Waals surface area contributed by atoms with Crippen LogP contribution in [0.15, 0.2) is 24.3 Å². The summed E-state index contributed by atoms with van der Waals surface area (Å²) in [6.07, 6.45) is 0.926. The molecule has 1 heterocycles. The summed E-state index contributed by atoms with van der Waals surface area (Å²) in [6.45, 7) is 2.44. The predicted octanol–water partition coefficient (Wildman–Crippen LogP) is 0.798. The van der Waals surface area contributed by atoms with Gasteiger partial charge in [-0.05, 0) is 17.7 Å². The van der Waals surface area contributed by atoms with Gasteiger partial charge in [-0.1, -0.05) is 12.1 Å². The van der Waals surface area contributed by atoms with Gasteiger partial charge in [0.05, 0.1) is 13.2 Å². The summed E-state index contributed by atoms with van der Waals surface area (Å²) in [7, 11) is 1.65. The number of rotatable bonds is 3. The summed E-state index contributed by atoms with van der Waals surface area (Å²) < 4.78 is 5.11. The summed E-state index contributed by atoms with van der Waals surface area (Å²) >= 11 is 0. The first-order chi connectivity index (χ1) is 7.85. The van der Waals surface area contributed by atoms with Crippen LogP contribution in [-0.2, 0) is 4.79 Å². The van der Waals surface area contributed by atoms with E-state index in [4.69, 9.17) is 4.74 Å². The smallest absolute Gasteiger partial charge is 0.210 e. The number of amides is 1. The van der Waals surface area contributed by atoms with E-state index in [1.165, 1.54) is 0 Å². The summed E-state index contributed by atoms with van der Waals surface area (Å²) in [4.78, 5) is 12.8. The second kappa shape index (κ2) is 4.99. The molecule has 1 amide bonds. The van der Waals surface area contributed by atoms with Crippen molar-refractivity contribution in [3.8, 4) is 5.75 Å². The first-order valence-corrected chi connectivity index (χ1v) is 5.41. The first kappa shape index (κ1) is 11.0. The highest BCUT2D eigenvalue weighted by molar-refractivity contribution is 5.49. The molecule has 86 valence electrons. The molecule has 1 fully saturated rings. The number of nitrogens with zero attached hydrogens (tertiary/aromatic N) is 1. The minimum atomic E-state index is 0.136. The third kappa shape index (κ3) is 2.17. The van der Waals surface area contributed by atoms with Crippen molar-refractivity contribution in [1.82, 2.24) is 10.2 Å². The van der Waals surface area contributed by atoms with E-state index >= 15 is 0 Å². The van der Waals surface area contributed by atoms with Crippen LogP contribution in [0.1, 0.15) is 11.6 Å². The van der Waals surface area contributed by atoms with Crippen molar-refractivity contribution in [2.24, 2.45) is 0 Å². The number of carbonyl (C=O) groups excluding carboxylic acids is 1. The van der Waals surface area contributed by atoms with E-state index in [1.807, 2.05) is 29.2 Å². The lowest BCUT2D eigenvalue weighted by molar-refractivity contribution is -0.121. The van der Waals surface area contributed by atoms with Crippen molar-refractivity contribution in [2.75, 3.05) is 26.7 Å². The molecule has 4 nitrogen and oxygen atoms in total. The monoisotopic (exact) mass is 220 g/mol. The largest absolute Gasteiger partial charge is 0.497 e. The van der Waals surface area contributed by atoms with Crippen molar-refractivity contribution in [1.29, 1.82) is 0 Å². The normalized spacial score (nSPS) is 20.6.